The maximum Gasteiger partial charge on any atom is 0.238 e. The summed E-state index contributed by atoms with van der Waals surface area (Å²) < 4.78 is 0. The summed E-state index contributed by atoms with van der Waals surface area (Å²) in [6.07, 6.45) is 0.396. The molecule has 6 bridgehead atoms. The molecule has 4 rings (SSSR count). The van der Waals surface area contributed by atoms with Gasteiger partial charge in [0.1, 0.15) is 11.8 Å². The number of nitrogens with zero attached hydrogens (tertiary/aromatic N) is 3. The van der Waals surface area contributed by atoms with Crippen molar-refractivity contribution < 1.29 is 14.4 Å². The van der Waals surface area contributed by atoms with Gasteiger partial charge in [-0.05, 0) is 33.4 Å². The Morgan fingerprint density at radius 2 is 0.795 bits per heavy atom. The normalized spacial score (nSPS) is 14.4. The van der Waals surface area contributed by atoms with Crippen molar-refractivity contribution in [1.82, 2.24) is 14.7 Å². The van der Waals surface area contributed by atoms with E-state index in [9.17, 15) is 14.4 Å². The van der Waals surface area contributed by atoms with Crippen molar-refractivity contribution in [3.8, 4) is 0 Å². The van der Waals surface area contributed by atoms with Gasteiger partial charge in [0.2, 0.25) is 17.7 Å². The van der Waals surface area contributed by atoms with E-state index in [1.807, 2.05) is 72.5 Å². The van der Waals surface area contributed by atoms with Crippen LogP contribution in [-0.4, -0.2) is 44.2 Å². The molecule has 0 saturated carbocycles. The fourth-order valence-electron chi connectivity index (χ4n) is 4.89. The first-order valence-corrected chi connectivity index (χ1v) is 14.1. The van der Waals surface area contributed by atoms with Crippen LogP contribution < -0.4 is 0 Å². The minimum Gasteiger partial charge on any atom is -0.334 e. The zero-order valence-corrected chi connectivity index (χ0v) is 23.6. The average molecular weight is 567 g/mol. The number of carbonyl (C=O) groups is 3. The fraction of sp³-hybridized carbons (Fsp3) is 0.323. The van der Waals surface area contributed by atoms with E-state index in [4.69, 9.17) is 23.2 Å². The molecular weight excluding hydrogens is 533 g/mol. The van der Waals surface area contributed by atoms with E-state index in [0.717, 1.165) is 33.4 Å². The molecule has 3 aromatic carbocycles. The van der Waals surface area contributed by atoms with Crippen LogP contribution in [-0.2, 0) is 53.7 Å². The van der Waals surface area contributed by atoms with Crippen molar-refractivity contribution in [2.24, 2.45) is 0 Å². The molecule has 0 atom stereocenters. The van der Waals surface area contributed by atoms with Crippen LogP contribution in [0.25, 0.3) is 0 Å². The number of halogens is 2. The summed E-state index contributed by atoms with van der Waals surface area (Å²) in [5.74, 6) is -0.511. The van der Waals surface area contributed by atoms with Crippen LogP contribution in [0.4, 0.5) is 0 Å². The topological polar surface area (TPSA) is 60.9 Å². The molecule has 3 amide bonds. The lowest BCUT2D eigenvalue weighted by Gasteiger charge is -2.26. The van der Waals surface area contributed by atoms with E-state index in [2.05, 4.69) is 12.1 Å². The highest BCUT2D eigenvalue weighted by atomic mass is 35.5. The van der Waals surface area contributed by atoms with Gasteiger partial charge in [0.15, 0.2) is 0 Å². The van der Waals surface area contributed by atoms with Crippen LogP contribution in [0, 0.1) is 0 Å². The number of rotatable bonds is 3. The van der Waals surface area contributed by atoms with Gasteiger partial charge in [0.25, 0.3) is 0 Å². The lowest BCUT2D eigenvalue weighted by Crippen LogP contribution is -2.32. The minimum absolute atomic E-state index is 0.0524. The highest BCUT2D eigenvalue weighted by molar-refractivity contribution is 6.27. The van der Waals surface area contributed by atoms with E-state index in [0.29, 0.717) is 45.7 Å². The standard InChI is InChI=1S/C31H33Cl2N3O3/c1-2-29(37)34-17-23-6-3-8-25(12-23)19-35(30(38)15-32)21-27-10-5-11-28(14-27)22-36(31(39)16-33)20-26-9-4-7-24(13-26)18-34/h3-14H,2,15-22H2,1H3. The molecule has 0 radical (unpaired) electrons. The highest BCUT2D eigenvalue weighted by Gasteiger charge is 2.19. The zero-order chi connectivity index (χ0) is 27.8. The van der Waals surface area contributed by atoms with Gasteiger partial charge in [-0.25, -0.2) is 0 Å². The Labute approximate surface area is 240 Å². The Morgan fingerprint density at radius 1 is 0.538 bits per heavy atom. The molecule has 0 fully saturated rings. The van der Waals surface area contributed by atoms with E-state index < -0.39 is 0 Å². The smallest absolute Gasteiger partial charge is 0.238 e. The Morgan fingerprint density at radius 3 is 1.03 bits per heavy atom. The molecule has 204 valence electrons. The summed E-state index contributed by atoms with van der Waals surface area (Å²) >= 11 is 12.0. The molecule has 1 aliphatic heterocycles. The first-order chi connectivity index (χ1) is 18.9. The third kappa shape index (κ3) is 7.84. The van der Waals surface area contributed by atoms with Gasteiger partial charge < -0.3 is 14.7 Å². The van der Waals surface area contributed by atoms with Gasteiger partial charge in [-0.3, -0.25) is 14.4 Å². The van der Waals surface area contributed by atoms with Crippen molar-refractivity contribution >= 4 is 40.9 Å². The number of alkyl halides is 2. The molecule has 0 spiro atoms. The molecule has 39 heavy (non-hydrogen) atoms. The maximum absolute atomic E-state index is 12.9. The molecule has 8 heteroatoms. The van der Waals surface area contributed by atoms with Crippen LogP contribution >= 0.6 is 23.2 Å². The van der Waals surface area contributed by atoms with Gasteiger partial charge in [0, 0.05) is 45.7 Å². The average Bonchev–Trinajstić information content (AvgIpc) is 2.95. The van der Waals surface area contributed by atoms with Gasteiger partial charge in [0.05, 0.1) is 0 Å². The van der Waals surface area contributed by atoms with Crippen molar-refractivity contribution in [2.75, 3.05) is 11.8 Å². The molecule has 3 aromatic rings. The number of hydrogen-bond donors (Lipinski definition) is 0. The quantitative estimate of drug-likeness (QED) is 0.395. The SMILES string of the molecule is CCC(=O)N1Cc2cccc(c2)CN(C(=O)CCl)Cc2cccc(c2)CN(C(=O)CCl)Cc2cccc(c2)C1. The largest absolute Gasteiger partial charge is 0.334 e. The predicted molar refractivity (Wildman–Crippen MR) is 154 cm³/mol. The van der Waals surface area contributed by atoms with E-state index >= 15 is 0 Å². The molecule has 0 aliphatic carbocycles. The summed E-state index contributed by atoms with van der Waals surface area (Å²) in [4.78, 5) is 43.8. The van der Waals surface area contributed by atoms with Gasteiger partial charge in [-0.1, -0.05) is 79.7 Å². The Balaban J connectivity index is 1.76. The Hall–Kier alpha value is -3.35. The third-order valence-corrected chi connectivity index (χ3v) is 7.26. The molecule has 1 aliphatic rings. The van der Waals surface area contributed by atoms with Crippen LogP contribution in [0.15, 0.2) is 72.8 Å². The fourth-order valence-corrected chi connectivity index (χ4v) is 5.23. The molecule has 0 unspecified atom stereocenters. The van der Waals surface area contributed by atoms with Crippen LogP contribution in [0.1, 0.15) is 46.7 Å². The predicted octanol–water partition coefficient (Wildman–Crippen LogP) is 5.47. The molecule has 0 saturated heterocycles. The number of fused-ring (bicyclic) bond motifs is 6. The maximum atomic E-state index is 12.9. The number of benzene rings is 3. The van der Waals surface area contributed by atoms with Crippen molar-refractivity contribution in [3.05, 3.63) is 106 Å². The number of hydrogen-bond acceptors (Lipinski definition) is 3. The minimum atomic E-state index is -0.165. The Kier molecular flexibility index (Phi) is 10.0. The molecule has 0 N–H and O–H groups in total. The third-order valence-electron chi connectivity index (χ3n) is 6.80. The molecule has 0 aromatic heterocycles. The van der Waals surface area contributed by atoms with E-state index in [1.165, 1.54) is 0 Å². The summed E-state index contributed by atoms with van der Waals surface area (Å²) in [5.41, 5.74) is 5.81. The summed E-state index contributed by atoms with van der Waals surface area (Å²) in [5, 5.41) is 0. The van der Waals surface area contributed by atoms with Gasteiger partial charge in [-0.15, -0.1) is 23.2 Å². The monoisotopic (exact) mass is 565 g/mol. The van der Waals surface area contributed by atoms with Crippen LogP contribution in [0.2, 0.25) is 0 Å². The highest BCUT2D eigenvalue weighted by Crippen LogP contribution is 2.20. The zero-order valence-electron chi connectivity index (χ0n) is 22.1. The first kappa shape index (κ1) is 28.7. The van der Waals surface area contributed by atoms with E-state index in [1.54, 1.807) is 9.80 Å². The van der Waals surface area contributed by atoms with E-state index in [-0.39, 0.29) is 29.5 Å². The second kappa shape index (κ2) is 13.6. The molecular formula is C31H33Cl2N3O3. The first-order valence-electron chi connectivity index (χ1n) is 13.1. The van der Waals surface area contributed by atoms with Crippen LogP contribution in [0.5, 0.6) is 0 Å². The van der Waals surface area contributed by atoms with Gasteiger partial charge >= 0.3 is 0 Å². The summed E-state index contributed by atoms with van der Waals surface area (Å²) in [7, 11) is 0. The lowest BCUT2D eigenvalue weighted by molar-refractivity contribution is -0.132. The second-order valence-corrected chi connectivity index (χ2v) is 10.4. The second-order valence-electron chi connectivity index (χ2n) is 9.83. The van der Waals surface area contributed by atoms with Crippen LogP contribution in [0.3, 0.4) is 0 Å². The van der Waals surface area contributed by atoms with Crippen molar-refractivity contribution in [2.45, 2.75) is 52.6 Å². The van der Waals surface area contributed by atoms with Crippen molar-refractivity contribution in [3.63, 3.8) is 0 Å². The molecule has 6 nitrogen and oxygen atoms in total. The van der Waals surface area contributed by atoms with Gasteiger partial charge in [-0.2, -0.15) is 0 Å². The number of carbonyl (C=O) groups excluding carboxylic acids is 3. The molecule has 1 heterocycles. The Bertz CT molecular complexity index is 1110. The van der Waals surface area contributed by atoms with Crippen molar-refractivity contribution in [1.29, 1.82) is 0 Å². The summed E-state index contributed by atoms with van der Waals surface area (Å²) in [6.45, 7) is 4.32. The lowest BCUT2D eigenvalue weighted by atomic mass is 10.1. The summed E-state index contributed by atoms with van der Waals surface area (Å²) in [6, 6.07) is 23.9. The number of amides is 3.